The highest BCUT2D eigenvalue weighted by atomic mass is 35.5. The molecule has 2 rings (SSSR count). The van der Waals surface area contributed by atoms with Crippen LogP contribution in [-0.4, -0.2) is 18.7 Å². The third-order valence-corrected chi connectivity index (χ3v) is 5.38. The first-order valence-corrected chi connectivity index (χ1v) is 9.03. The number of hydrogen-bond donors (Lipinski definition) is 1. The maximum atomic E-state index is 6.22. The molecule has 0 saturated heterocycles. The van der Waals surface area contributed by atoms with Gasteiger partial charge in [-0.05, 0) is 35.9 Å². The van der Waals surface area contributed by atoms with Crippen molar-refractivity contribution in [2.24, 2.45) is 0 Å². The van der Waals surface area contributed by atoms with E-state index in [0.717, 1.165) is 28.3 Å². The van der Waals surface area contributed by atoms with Crippen LogP contribution in [0.3, 0.4) is 0 Å². The summed E-state index contributed by atoms with van der Waals surface area (Å²) in [6.07, 6.45) is 3.07. The Morgan fingerprint density at radius 2 is 2.20 bits per heavy atom. The predicted molar refractivity (Wildman–Crippen MR) is 91.5 cm³/mol. The number of hydrogen-bond acceptors (Lipinski definition) is 4. The molecule has 1 heterocycles. The van der Waals surface area contributed by atoms with Crippen molar-refractivity contribution >= 4 is 39.7 Å². The van der Waals surface area contributed by atoms with E-state index in [-0.39, 0.29) is 0 Å². The summed E-state index contributed by atoms with van der Waals surface area (Å²) in [6, 6.07) is 8.05. The van der Waals surface area contributed by atoms with E-state index in [9.17, 15) is 0 Å². The number of halogens is 1. The van der Waals surface area contributed by atoms with Crippen molar-refractivity contribution in [1.82, 2.24) is 0 Å². The fraction of sp³-hybridized carbons (Fsp3) is 0.333. The Morgan fingerprint density at radius 3 is 2.85 bits per heavy atom. The van der Waals surface area contributed by atoms with E-state index in [4.69, 9.17) is 22.1 Å². The molecule has 0 radical (unpaired) electrons. The first-order chi connectivity index (χ1) is 9.71. The molecule has 0 saturated carbocycles. The highest BCUT2D eigenvalue weighted by Crippen LogP contribution is 2.43. The smallest absolute Gasteiger partial charge is 0.119 e. The van der Waals surface area contributed by atoms with Gasteiger partial charge in [0.1, 0.15) is 12.4 Å². The average molecular weight is 328 g/mol. The Bertz CT molecular complexity index is 583. The minimum Gasteiger partial charge on any atom is -0.492 e. The molecule has 0 unspecified atom stereocenters. The summed E-state index contributed by atoms with van der Waals surface area (Å²) < 4.78 is 6.89. The lowest BCUT2D eigenvalue weighted by atomic mass is 10.0. The second kappa shape index (κ2) is 7.25. The molecule has 0 amide bonds. The zero-order chi connectivity index (χ0) is 14.5. The summed E-state index contributed by atoms with van der Waals surface area (Å²) in [5.41, 5.74) is 9.81. The third kappa shape index (κ3) is 3.25. The second-order valence-corrected chi connectivity index (χ2v) is 6.74. The highest BCUT2D eigenvalue weighted by molar-refractivity contribution is 8.00. The van der Waals surface area contributed by atoms with E-state index in [1.165, 1.54) is 9.77 Å². The summed E-state index contributed by atoms with van der Waals surface area (Å²) in [5, 5.41) is 0.876. The molecular weight excluding hydrogens is 310 g/mol. The second-order valence-electron chi connectivity index (χ2n) is 4.23. The van der Waals surface area contributed by atoms with E-state index in [1.54, 1.807) is 23.1 Å². The summed E-state index contributed by atoms with van der Waals surface area (Å²) in [5.74, 6) is 1.32. The molecule has 1 aromatic carbocycles. The van der Waals surface area contributed by atoms with Gasteiger partial charge in [0.2, 0.25) is 0 Å². The fourth-order valence-electron chi connectivity index (χ4n) is 2.16. The van der Waals surface area contributed by atoms with Gasteiger partial charge in [0.25, 0.3) is 0 Å². The van der Waals surface area contributed by atoms with Crippen molar-refractivity contribution in [3.8, 4) is 16.9 Å². The Hall–Kier alpha value is -0.840. The van der Waals surface area contributed by atoms with Gasteiger partial charge in [-0.1, -0.05) is 19.1 Å². The van der Waals surface area contributed by atoms with Crippen molar-refractivity contribution in [2.75, 3.05) is 24.5 Å². The van der Waals surface area contributed by atoms with Crippen molar-refractivity contribution in [2.45, 2.75) is 17.6 Å². The normalized spacial score (nSPS) is 10.8. The van der Waals surface area contributed by atoms with Crippen LogP contribution < -0.4 is 10.5 Å². The van der Waals surface area contributed by atoms with E-state index in [1.807, 2.05) is 18.2 Å². The van der Waals surface area contributed by atoms with E-state index >= 15 is 0 Å². The number of alkyl halides is 1. The molecule has 2 N–H and O–H groups in total. The molecular formula is C15H18ClNOS2. The lowest BCUT2D eigenvalue weighted by Gasteiger charge is -2.09. The van der Waals surface area contributed by atoms with Crippen molar-refractivity contribution in [3.05, 3.63) is 29.8 Å². The van der Waals surface area contributed by atoms with Crippen LogP contribution in [0, 0.1) is 0 Å². The Morgan fingerprint density at radius 1 is 1.40 bits per heavy atom. The lowest BCUT2D eigenvalue weighted by Crippen LogP contribution is -1.98. The van der Waals surface area contributed by atoms with Crippen LogP contribution in [0.5, 0.6) is 5.75 Å². The molecule has 1 aromatic heterocycles. The van der Waals surface area contributed by atoms with Gasteiger partial charge in [-0.2, -0.15) is 0 Å². The van der Waals surface area contributed by atoms with Gasteiger partial charge in [-0.15, -0.1) is 34.7 Å². The fourth-order valence-corrected chi connectivity index (χ4v) is 4.25. The molecule has 2 nitrogen and oxygen atoms in total. The number of benzene rings is 1. The van der Waals surface area contributed by atoms with Gasteiger partial charge < -0.3 is 10.5 Å². The van der Waals surface area contributed by atoms with Gasteiger partial charge in [0.05, 0.1) is 15.1 Å². The minimum absolute atomic E-state index is 0.488. The lowest BCUT2D eigenvalue weighted by molar-refractivity contribution is 0.343. The molecule has 5 heteroatoms. The van der Waals surface area contributed by atoms with Crippen molar-refractivity contribution in [1.29, 1.82) is 0 Å². The molecule has 20 heavy (non-hydrogen) atoms. The number of nitrogen functional groups attached to an aromatic ring is 1. The molecule has 0 bridgehead atoms. The standard InChI is InChI=1S/C15H18ClNOS2/c1-3-12-13(14(17)20-15(12)19-2)10-5-4-6-11(9-10)18-8-7-16/h4-6,9H,3,7-8,17H2,1-2H3. The summed E-state index contributed by atoms with van der Waals surface area (Å²) >= 11 is 9.08. The number of thiophene rings is 1. The number of anilines is 1. The number of thioether (sulfide) groups is 1. The first-order valence-electron chi connectivity index (χ1n) is 6.45. The van der Waals surface area contributed by atoms with Gasteiger partial charge in [-0.25, -0.2) is 0 Å². The molecule has 108 valence electrons. The molecule has 0 atom stereocenters. The van der Waals surface area contributed by atoms with Crippen LogP contribution in [0.4, 0.5) is 5.00 Å². The zero-order valence-electron chi connectivity index (χ0n) is 11.6. The molecule has 2 aromatic rings. The van der Waals surface area contributed by atoms with E-state index < -0.39 is 0 Å². The predicted octanol–water partition coefficient (Wildman–Crippen LogP) is 4.90. The molecule has 0 fully saturated rings. The van der Waals surface area contributed by atoms with Crippen LogP contribution >= 0.6 is 34.7 Å². The first kappa shape index (κ1) is 15.5. The van der Waals surface area contributed by atoms with E-state index in [0.29, 0.717) is 12.5 Å². The van der Waals surface area contributed by atoms with Crippen LogP contribution in [0.1, 0.15) is 12.5 Å². The highest BCUT2D eigenvalue weighted by Gasteiger charge is 2.16. The Kier molecular flexibility index (Phi) is 5.64. The Balaban J connectivity index is 2.43. The SMILES string of the molecule is CCc1c(SC)sc(N)c1-c1cccc(OCCCl)c1. The number of ether oxygens (including phenoxy) is 1. The van der Waals surface area contributed by atoms with Crippen molar-refractivity contribution < 1.29 is 4.74 Å². The molecule has 0 aliphatic heterocycles. The molecule has 0 aliphatic rings. The number of rotatable bonds is 6. The summed E-state index contributed by atoms with van der Waals surface area (Å²) in [6.45, 7) is 2.68. The largest absolute Gasteiger partial charge is 0.492 e. The van der Waals surface area contributed by atoms with E-state index in [2.05, 4.69) is 19.2 Å². The topological polar surface area (TPSA) is 35.2 Å². The van der Waals surface area contributed by atoms with Gasteiger partial charge in [0, 0.05) is 5.56 Å². The van der Waals surface area contributed by atoms with Gasteiger partial charge in [-0.3, -0.25) is 0 Å². The van der Waals surface area contributed by atoms with Crippen molar-refractivity contribution in [3.63, 3.8) is 0 Å². The quantitative estimate of drug-likeness (QED) is 0.605. The molecule has 0 aliphatic carbocycles. The average Bonchev–Trinajstić information content (AvgIpc) is 2.81. The Labute approximate surface area is 133 Å². The third-order valence-electron chi connectivity index (χ3n) is 3.00. The maximum absolute atomic E-state index is 6.22. The van der Waals surface area contributed by atoms with Gasteiger partial charge >= 0.3 is 0 Å². The molecule has 0 spiro atoms. The monoisotopic (exact) mass is 327 g/mol. The summed E-state index contributed by atoms with van der Waals surface area (Å²) in [4.78, 5) is 0. The minimum atomic E-state index is 0.488. The zero-order valence-corrected chi connectivity index (χ0v) is 14.0. The van der Waals surface area contributed by atoms with Crippen LogP contribution in [0.15, 0.2) is 28.5 Å². The number of nitrogens with two attached hydrogens (primary N) is 1. The van der Waals surface area contributed by atoms with Crippen LogP contribution in [0.25, 0.3) is 11.1 Å². The van der Waals surface area contributed by atoms with Crippen LogP contribution in [-0.2, 0) is 6.42 Å². The maximum Gasteiger partial charge on any atom is 0.119 e. The van der Waals surface area contributed by atoms with Gasteiger partial charge in [0.15, 0.2) is 0 Å². The van der Waals surface area contributed by atoms with Crippen LogP contribution in [0.2, 0.25) is 0 Å². The summed E-state index contributed by atoms with van der Waals surface area (Å²) in [7, 11) is 0.